The summed E-state index contributed by atoms with van der Waals surface area (Å²) < 4.78 is 0. The van der Waals surface area contributed by atoms with E-state index < -0.39 is 0 Å². The number of anilines is 1. The van der Waals surface area contributed by atoms with E-state index in [4.69, 9.17) is 4.98 Å². The highest BCUT2D eigenvalue weighted by Gasteiger charge is 2.23. The Morgan fingerprint density at radius 1 is 1.12 bits per heavy atom. The number of hydrogen-bond donors (Lipinski definition) is 2. The highest BCUT2D eigenvalue weighted by atomic mass is 15.2. The first-order valence-electron chi connectivity index (χ1n) is 9.91. The van der Waals surface area contributed by atoms with Gasteiger partial charge in [0.2, 0.25) is 0 Å². The zero-order chi connectivity index (χ0) is 17.8. The standard InChI is InChI=1S/C21H29N5/c1-16-24-19-14-22-11-10-18(19)21(25-16)23-15-20(17-8-4-2-5-9-17)26-12-6-3-7-13-26/h2,4-5,8-9,20,22H,3,6-7,10-15H2,1H3,(H,23,24,25)/t20-/m0/s1. The van der Waals surface area contributed by atoms with E-state index in [1.54, 1.807) is 0 Å². The van der Waals surface area contributed by atoms with E-state index in [-0.39, 0.29) is 0 Å². The lowest BCUT2D eigenvalue weighted by Crippen LogP contribution is -2.37. The Hall–Kier alpha value is -1.98. The van der Waals surface area contributed by atoms with Crippen LogP contribution in [0.15, 0.2) is 30.3 Å². The highest BCUT2D eigenvalue weighted by Crippen LogP contribution is 2.26. The Bertz CT molecular complexity index is 725. The number of piperidine rings is 1. The van der Waals surface area contributed by atoms with Crippen LogP contribution in [0.3, 0.4) is 0 Å². The molecule has 2 aromatic rings. The van der Waals surface area contributed by atoms with E-state index in [9.17, 15) is 0 Å². The van der Waals surface area contributed by atoms with E-state index in [0.29, 0.717) is 6.04 Å². The molecule has 26 heavy (non-hydrogen) atoms. The molecule has 0 unspecified atom stereocenters. The van der Waals surface area contributed by atoms with Gasteiger partial charge in [0.25, 0.3) is 0 Å². The van der Waals surface area contributed by atoms with Crippen molar-refractivity contribution < 1.29 is 0 Å². The van der Waals surface area contributed by atoms with Gasteiger partial charge < -0.3 is 10.6 Å². The Kier molecular flexibility index (Phi) is 5.46. The van der Waals surface area contributed by atoms with Crippen molar-refractivity contribution in [1.29, 1.82) is 0 Å². The lowest BCUT2D eigenvalue weighted by Gasteiger charge is -2.35. The number of benzene rings is 1. The summed E-state index contributed by atoms with van der Waals surface area (Å²) in [6.45, 7) is 7.10. The third-order valence-corrected chi connectivity index (χ3v) is 5.53. The van der Waals surface area contributed by atoms with Crippen LogP contribution in [0, 0.1) is 6.92 Å². The van der Waals surface area contributed by atoms with Gasteiger partial charge in [-0.15, -0.1) is 0 Å². The van der Waals surface area contributed by atoms with Gasteiger partial charge in [-0.25, -0.2) is 9.97 Å². The molecule has 0 amide bonds. The molecule has 3 heterocycles. The quantitative estimate of drug-likeness (QED) is 0.867. The van der Waals surface area contributed by atoms with Crippen LogP contribution in [-0.2, 0) is 13.0 Å². The number of aryl methyl sites for hydroxylation is 1. The minimum Gasteiger partial charge on any atom is -0.368 e. The molecule has 138 valence electrons. The minimum atomic E-state index is 0.393. The van der Waals surface area contributed by atoms with Crippen molar-refractivity contribution in [2.24, 2.45) is 0 Å². The molecular formula is C21H29N5. The number of hydrogen-bond acceptors (Lipinski definition) is 5. The zero-order valence-corrected chi connectivity index (χ0v) is 15.7. The first-order valence-corrected chi connectivity index (χ1v) is 9.91. The average molecular weight is 351 g/mol. The van der Waals surface area contributed by atoms with Crippen molar-refractivity contribution in [3.05, 3.63) is 53.0 Å². The number of nitrogens with one attached hydrogen (secondary N) is 2. The van der Waals surface area contributed by atoms with Crippen LogP contribution in [0.4, 0.5) is 5.82 Å². The van der Waals surface area contributed by atoms with Crippen LogP contribution in [0.25, 0.3) is 0 Å². The van der Waals surface area contributed by atoms with Gasteiger partial charge in [-0.3, -0.25) is 4.90 Å². The zero-order valence-electron chi connectivity index (χ0n) is 15.7. The minimum absolute atomic E-state index is 0.393. The van der Waals surface area contributed by atoms with Gasteiger partial charge in [-0.05, 0) is 51.4 Å². The van der Waals surface area contributed by atoms with Crippen LogP contribution < -0.4 is 10.6 Å². The lowest BCUT2D eigenvalue weighted by molar-refractivity contribution is 0.170. The van der Waals surface area contributed by atoms with Crippen LogP contribution in [0.5, 0.6) is 0 Å². The van der Waals surface area contributed by atoms with Gasteiger partial charge in [0.05, 0.1) is 11.7 Å². The molecule has 1 atom stereocenters. The molecule has 5 nitrogen and oxygen atoms in total. The molecule has 1 aromatic carbocycles. The molecule has 1 aromatic heterocycles. The van der Waals surface area contributed by atoms with Crippen LogP contribution in [0.2, 0.25) is 0 Å². The molecule has 0 spiro atoms. The molecule has 2 aliphatic heterocycles. The molecular weight excluding hydrogens is 322 g/mol. The maximum absolute atomic E-state index is 4.73. The summed E-state index contributed by atoms with van der Waals surface area (Å²) in [6.07, 6.45) is 4.96. The maximum Gasteiger partial charge on any atom is 0.133 e. The summed E-state index contributed by atoms with van der Waals surface area (Å²) in [6, 6.07) is 11.3. The van der Waals surface area contributed by atoms with Crippen molar-refractivity contribution in [2.45, 2.75) is 45.2 Å². The monoisotopic (exact) mass is 351 g/mol. The van der Waals surface area contributed by atoms with E-state index in [0.717, 1.165) is 43.4 Å². The van der Waals surface area contributed by atoms with Gasteiger partial charge >= 0.3 is 0 Å². The molecule has 1 fully saturated rings. The summed E-state index contributed by atoms with van der Waals surface area (Å²) in [5.74, 6) is 1.89. The van der Waals surface area contributed by atoms with E-state index in [1.165, 1.54) is 43.5 Å². The fraction of sp³-hybridized carbons (Fsp3) is 0.524. The Labute approximate surface area is 156 Å². The second-order valence-electron chi connectivity index (χ2n) is 7.38. The number of likely N-dealkylation sites (tertiary alicyclic amines) is 1. The number of fused-ring (bicyclic) bond motifs is 1. The van der Waals surface area contributed by atoms with Gasteiger partial charge in [0.1, 0.15) is 11.6 Å². The topological polar surface area (TPSA) is 53.1 Å². The number of aromatic nitrogens is 2. The number of rotatable bonds is 5. The fourth-order valence-corrected chi connectivity index (χ4v) is 4.19. The lowest BCUT2D eigenvalue weighted by atomic mass is 10.0. The van der Waals surface area contributed by atoms with Crippen molar-refractivity contribution in [1.82, 2.24) is 20.2 Å². The summed E-state index contributed by atoms with van der Waals surface area (Å²) in [5.41, 5.74) is 3.84. The summed E-state index contributed by atoms with van der Waals surface area (Å²) in [5, 5.41) is 7.10. The fourth-order valence-electron chi connectivity index (χ4n) is 4.19. The van der Waals surface area contributed by atoms with Gasteiger partial charge in [-0.2, -0.15) is 0 Å². The second kappa shape index (κ2) is 8.14. The molecule has 1 saturated heterocycles. The molecule has 0 aliphatic carbocycles. The first-order chi connectivity index (χ1) is 12.8. The van der Waals surface area contributed by atoms with Crippen molar-refractivity contribution in [2.75, 3.05) is 31.5 Å². The third kappa shape index (κ3) is 3.89. The molecule has 2 aliphatic rings. The molecule has 2 N–H and O–H groups in total. The predicted octanol–water partition coefficient (Wildman–Crippen LogP) is 3.07. The van der Waals surface area contributed by atoms with Gasteiger partial charge in [0, 0.05) is 18.7 Å². The number of nitrogens with zero attached hydrogens (tertiary/aromatic N) is 3. The van der Waals surface area contributed by atoms with Gasteiger partial charge in [0.15, 0.2) is 0 Å². The van der Waals surface area contributed by atoms with E-state index in [2.05, 4.69) is 50.8 Å². The molecule has 0 bridgehead atoms. The SMILES string of the molecule is Cc1nc2c(c(NC[C@@H](c3ccccc3)N3CCCCC3)n1)CCNC2. The molecule has 0 saturated carbocycles. The van der Waals surface area contributed by atoms with Gasteiger partial charge in [-0.1, -0.05) is 36.8 Å². The Morgan fingerprint density at radius 2 is 1.92 bits per heavy atom. The van der Waals surface area contributed by atoms with Crippen LogP contribution >= 0.6 is 0 Å². The third-order valence-electron chi connectivity index (χ3n) is 5.53. The van der Waals surface area contributed by atoms with Crippen LogP contribution in [0.1, 0.15) is 47.9 Å². The molecule has 0 radical (unpaired) electrons. The normalized spacial score (nSPS) is 19.0. The summed E-state index contributed by atoms with van der Waals surface area (Å²) in [7, 11) is 0. The Balaban J connectivity index is 1.56. The van der Waals surface area contributed by atoms with Crippen molar-refractivity contribution in [3.8, 4) is 0 Å². The smallest absolute Gasteiger partial charge is 0.133 e. The Morgan fingerprint density at radius 3 is 2.73 bits per heavy atom. The first kappa shape index (κ1) is 17.4. The highest BCUT2D eigenvalue weighted by molar-refractivity contribution is 5.48. The maximum atomic E-state index is 4.73. The van der Waals surface area contributed by atoms with Crippen LogP contribution in [-0.4, -0.2) is 41.0 Å². The van der Waals surface area contributed by atoms with Crippen molar-refractivity contribution in [3.63, 3.8) is 0 Å². The predicted molar refractivity (Wildman–Crippen MR) is 105 cm³/mol. The average Bonchev–Trinajstić information content (AvgIpc) is 2.69. The molecule has 4 rings (SSSR count). The van der Waals surface area contributed by atoms with E-state index in [1.807, 2.05) is 6.92 Å². The second-order valence-corrected chi connectivity index (χ2v) is 7.38. The van der Waals surface area contributed by atoms with E-state index >= 15 is 0 Å². The van der Waals surface area contributed by atoms with Crippen molar-refractivity contribution >= 4 is 5.82 Å². The summed E-state index contributed by atoms with van der Waals surface area (Å²) in [4.78, 5) is 12.0. The summed E-state index contributed by atoms with van der Waals surface area (Å²) >= 11 is 0. The largest absolute Gasteiger partial charge is 0.368 e. The molecule has 5 heteroatoms.